The second-order valence-corrected chi connectivity index (χ2v) is 7.48. The molecule has 8 heteroatoms. The number of hydrogen-bond donors (Lipinski definition) is 1. The van der Waals surface area contributed by atoms with Crippen molar-refractivity contribution in [2.24, 2.45) is 0 Å². The van der Waals surface area contributed by atoms with Crippen LogP contribution in [-0.2, 0) is 4.79 Å². The van der Waals surface area contributed by atoms with E-state index >= 15 is 0 Å². The van der Waals surface area contributed by atoms with Crippen LogP contribution in [-0.4, -0.2) is 37.9 Å². The number of carbonyl (C=O) groups excluding carboxylic acids is 1. The number of nitrogens with one attached hydrogen (secondary N) is 1. The summed E-state index contributed by atoms with van der Waals surface area (Å²) in [5.74, 6) is -0.263. The molecule has 1 aromatic heterocycles. The molecule has 6 nitrogen and oxygen atoms in total. The molecule has 140 valence electrons. The lowest BCUT2D eigenvalue weighted by Crippen LogP contribution is -2.33. The minimum absolute atomic E-state index is 0.100. The predicted octanol–water partition coefficient (Wildman–Crippen LogP) is 3.20. The Bertz CT molecular complexity index is 902. The van der Waals surface area contributed by atoms with E-state index in [0.29, 0.717) is 17.4 Å². The number of aromatic nitrogens is 4. The summed E-state index contributed by atoms with van der Waals surface area (Å²) in [7, 11) is 0. The molecule has 2 aromatic carbocycles. The zero-order valence-electron chi connectivity index (χ0n) is 15.0. The summed E-state index contributed by atoms with van der Waals surface area (Å²) >= 11 is 1.23. The van der Waals surface area contributed by atoms with Crippen LogP contribution in [0.15, 0.2) is 59.8 Å². The van der Waals surface area contributed by atoms with Gasteiger partial charge in [-0.15, -0.1) is 5.10 Å². The Balaban J connectivity index is 1.60. The Morgan fingerprint density at radius 2 is 1.96 bits per heavy atom. The third kappa shape index (κ3) is 4.91. The molecular weight excluding hydrogens is 365 g/mol. The lowest BCUT2D eigenvalue weighted by atomic mass is 10.0. The van der Waals surface area contributed by atoms with Gasteiger partial charge in [0.05, 0.1) is 10.9 Å². The van der Waals surface area contributed by atoms with Crippen molar-refractivity contribution in [3.05, 3.63) is 66.0 Å². The van der Waals surface area contributed by atoms with E-state index in [2.05, 4.69) is 27.8 Å². The van der Waals surface area contributed by atoms with Gasteiger partial charge in [-0.25, -0.2) is 4.39 Å². The van der Waals surface area contributed by atoms with Gasteiger partial charge in [0.2, 0.25) is 11.1 Å². The monoisotopic (exact) mass is 385 g/mol. The zero-order valence-corrected chi connectivity index (χ0v) is 15.9. The van der Waals surface area contributed by atoms with E-state index in [1.54, 1.807) is 19.1 Å². The number of rotatable bonds is 7. The molecule has 27 heavy (non-hydrogen) atoms. The number of tetrazole rings is 1. The first-order valence-corrected chi connectivity index (χ1v) is 9.46. The van der Waals surface area contributed by atoms with Crippen LogP contribution < -0.4 is 5.32 Å². The summed E-state index contributed by atoms with van der Waals surface area (Å²) in [6.07, 6.45) is 0. The minimum Gasteiger partial charge on any atom is -0.355 e. The molecule has 3 rings (SSSR count). The molecule has 0 saturated heterocycles. The third-order valence-corrected chi connectivity index (χ3v) is 5.13. The average molecular weight is 385 g/mol. The molecule has 0 radical (unpaired) electrons. The largest absolute Gasteiger partial charge is 0.355 e. The first kappa shape index (κ1) is 19.0. The Kier molecular flexibility index (Phi) is 6.18. The fourth-order valence-corrected chi connectivity index (χ4v) is 3.36. The van der Waals surface area contributed by atoms with Gasteiger partial charge in [0.1, 0.15) is 5.82 Å². The fourth-order valence-electron chi connectivity index (χ4n) is 2.53. The summed E-state index contributed by atoms with van der Waals surface area (Å²) in [4.78, 5) is 12.4. The number of carbonyl (C=O) groups is 1. The molecule has 3 aromatic rings. The highest BCUT2D eigenvalue weighted by Gasteiger charge is 2.20. The van der Waals surface area contributed by atoms with Gasteiger partial charge in [-0.05, 0) is 47.0 Å². The first-order valence-electron chi connectivity index (χ1n) is 8.58. The van der Waals surface area contributed by atoms with Gasteiger partial charge < -0.3 is 5.32 Å². The van der Waals surface area contributed by atoms with E-state index in [-0.39, 0.29) is 17.6 Å². The third-order valence-electron chi connectivity index (χ3n) is 4.10. The smallest absolute Gasteiger partial charge is 0.233 e. The van der Waals surface area contributed by atoms with Crippen LogP contribution in [0.3, 0.4) is 0 Å². The van der Waals surface area contributed by atoms with Crippen molar-refractivity contribution in [3.8, 4) is 5.69 Å². The van der Waals surface area contributed by atoms with Crippen LogP contribution >= 0.6 is 11.8 Å². The molecule has 0 spiro atoms. The van der Waals surface area contributed by atoms with Crippen LogP contribution in [0, 0.1) is 5.82 Å². The van der Waals surface area contributed by atoms with Crippen LogP contribution in [0.1, 0.15) is 25.3 Å². The summed E-state index contributed by atoms with van der Waals surface area (Å²) in [6.45, 7) is 4.40. The maximum Gasteiger partial charge on any atom is 0.233 e. The number of nitrogens with zero attached hydrogens (tertiary/aromatic N) is 4. The topological polar surface area (TPSA) is 72.7 Å². The average Bonchev–Trinajstić information content (AvgIpc) is 3.14. The lowest BCUT2D eigenvalue weighted by Gasteiger charge is -2.15. The maximum absolute atomic E-state index is 13.4. The normalized spacial score (nSPS) is 13.1. The van der Waals surface area contributed by atoms with Gasteiger partial charge >= 0.3 is 0 Å². The highest BCUT2D eigenvalue weighted by molar-refractivity contribution is 8.00. The summed E-state index contributed by atoms with van der Waals surface area (Å²) in [5.41, 5.74) is 1.68. The van der Waals surface area contributed by atoms with E-state index < -0.39 is 5.25 Å². The van der Waals surface area contributed by atoms with E-state index in [9.17, 15) is 9.18 Å². The van der Waals surface area contributed by atoms with Gasteiger partial charge in [0.15, 0.2) is 0 Å². The van der Waals surface area contributed by atoms with Crippen molar-refractivity contribution < 1.29 is 9.18 Å². The summed E-state index contributed by atoms with van der Waals surface area (Å²) in [6, 6.07) is 16.0. The fraction of sp³-hybridized carbons (Fsp3) is 0.263. The molecule has 1 N–H and O–H groups in total. The van der Waals surface area contributed by atoms with Crippen molar-refractivity contribution in [1.82, 2.24) is 25.5 Å². The zero-order chi connectivity index (χ0) is 19.2. The predicted molar refractivity (Wildman–Crippen MR) is 102 cm³/mol. The van der Waals surface area contributed by atoms with E-state index in [1.807, 2.05) is 30.3 Å². The number of hydrogen-bond acceptors (Lipinski definition) is 5. The molecular formula is C19H20FN5OS. The maximum atomic E-state index is 13.4. The summed E-state index contributed by atoms with van der Waals surface area (Å²) in [5, 5.41) is 14.5. The molecule has 2 atom stereocenters. The molecule has 1 amide bonds. The number of amides is 1. The highest BCUT2D eigenvalue weighted by Crippen LogP contribution is 2.23. The summed E-state index contributed by atoms with van der Waals surface area (Å²) < 4.78 is 14.9. The van der Waals surface area contributed by atoms with Crippen LogP contribution in [0.5, 0.6) is 0 Å². The van der Waals surface area contributed by atoms with Gasteiger partial charge in [0, 0.05) is 6.54 Å². The van der Waals surface area contributed by atoms with E-state index in [0.717, 1.165) is 0 Å². The molecule has 0 aliphatic carbocycles. The quantitative estimate of drug-likeness (QED) is 0.633. The standard InChI is InChI=1S/C19H20FN5OS/c1-13(15-7-4-3-5-8-15)12-21-18(26)14(2)27-19-22-23-24-25(19)17-10-6-9-16(20)11-17/h3-11,13-14H,12H2,1-2H3,(H,21,26). The minimum atomic E-state index is -0.397. The Hall–Kier alpha value is -2.74. The Morgan fingerprint density at radius 3 is 2.70 bits per heavy atom. The molecule has 0 saturated carbocycles. The molecule has 0 fully saturated rings. The van der Waals surface area contributed by atoms with E-state index in [1.165, 1.54) is 34.1 Å². The van der Waals surface area contributed by atoms with Gasteiger partial charge in [-0.3, -0.25) is 4.79 Å². The van der Waals surface area contributed by atoms with Crippen LogP contribution in [0.25, 0.3) is 5.69 Å². The molecule has 0 bridgehead atoms. The van der Waals surface area contributed by atoms with Crippen molar-refractivity contribution in [2.45, 2.75) is 30.2 Å². The second-order valence-electron chi connectivity index (χ2n) is 6.17. The van der Waals surface area contributed by atoms with Crippen LogP contribution in [0.4, 0.5) is 4.39 Å². The lowest BCUT2D eigenvalue weighted by molar-refractivity contribution is -0.120. The molecule has 2 unspecified atom stereocenters. The first-order chi connectivity index (χ1) is 13.0. The Morgan fingerprint density at radius 1 is 1.19 bits per heavy atom. The SMILES string of the molecule is CC(Sc1nnnn1-c1cccc(F)c1)C(=O)NCC(C)c1ccccc1. The second kappa shape index (κ2) is 8.77. The van der Waals surface area contributed by atoms with E-state index in [4.69, 9.17) is 0 Å². The number of halogens is 1. The molecule has 0 aliphatic heterocycles. The number of thioether (sulfide) groups is 1. The molecule has 0 aliphatic rings. The van der Waals surface area contributed by atoms with Crippen molar-refractivity contribution in [2.75, 3.05) is 6.54 Å². The van der Waals surface area contributed by atoms with Gasteiger partial charge in [-0.1, -0.05) is 55.1 Å². The van der Waals surface area contributed by atoms with Gasteiger partial charge in [0.25, 0.3) is 0 Å². The van der Waals surface area contributed by atoms with Crippen molar-refractivity contribution in [1.29, 1.82) is 0 Å². The van der Waals surface area contributed by atoms with Gasteiger partial charge in [-0.2, -0.15) is 4.68 Å². The Labute approximate surface area is 161 Å². The van der Waals surface area contributed by atoms with Crippen molar-refractivity contribution in [3.63, 3.8) is 0 Å². The molecule has 1 heterocycles. The van der Waals surface area contributed by atoms with Crippen LogP contribution in [0.2, 0.25) is 0 Å². The van der Waals surface area contributed by atoms with Crippen molar-refractivity contribution >= 4 is 17.7 Å². The number of benzene rings is 2. The highest BCUT2D eigenvalue weighted by atomic mass is 32.2.